The molecule has 0 bridgehead atoms. The Morgan fingerprint density at radius 1 is 1.13 bits per heavy atom. The molecule has 4 rings (SSSR count). The molecule has 2 aromatic heterocycles. The normalized spacial score (nSPS) is 11.3. The van der Waals surface area contributed by atoms with Gasteiger partial charge in [0.25, 0.3) is 0 Å². The maximum Gasteiger partial charge on any atom is 0.168 e. The molecule has 30 heavy (non-hydrogen) atoms. The molecule has 0 fully saturated rings. The van der Waals surface area contributed by atoms with Crippen molar-refractivity contribution in [3.05, 3.63) is 72.2 Å². The molecule has 0 aliphatic rings. The van der Waals surface area contributed by atoms with Gasteiger partial charge in [0, 0.05) is 12.6 Å². The van der Waals surface area contributed by atoms with Gasteiger partial charge in [0.05, 0.1) is 30.6 Å². The highest BCUT2D eigenvalue weighted by atomic mass is 16.5. The van der Waals surface area contributed by atoms with E-state index >= 15 is 0 Å². The van der Waals surface area contributed by atoms with E-state index in [1.165, 1.54) is 11.9 Å². The van der Waals surface area contributed by atoms with E-state index in [4.69, 9.17) is 4.74 Å². The molecule has 0 saturated carbocycles. The number of hydrogen-bond acceptors (Lipinski definition) is 7. The molecule has 2 heterocycles. The minimum Gasteiger partial charge on any atom is -0.497 e. The molecular weight excluding hydrogens is 378 g/mol. The van der Waals surface area contributed by atoms with Gasteiger partial charge in [0.2, 0.25) is 0 Å². The summed E-state index contributed by atoms with van der Waals surface area (Å²) in [7, 11) is 1.64. The molecule has 0 saturated heterocycles. The average molecular weight is 401 g/mol. The average Bonchev–Trinajstić information content (AvgIpc) is 3.24. The third-order valence-electron chi connectivity index (χ3n) is 4.61. The van der Waals surface area contributed by atoms with Gasteiger partial charge in [-0.15, -0.1) is 0 Å². The van der Waals surface area contributed by atoms with Crippen molar-refractivity contribution in [3.8, 4) is 11.4 Å². The van der Waals surface area contributed by atoms with Crippen LogP contribution >= 0.6 is 0 Å². The molecule has 0 unspecified atom stereocenters. The van der Waals surface area contributed by atoms with Crippen molar-refractivity contribution in [2.75, 3.05) is 19.1 Å². The Hall–Kier alpha value is -3.78. The topological polar surface area (TPSA) is 89.3 Å². The summed E-state index contributed by atoms with van der Waals surface area (Å²) in [5, 5.41) is 12.9. The van der Waals surface area contributed by atoms with Crippen LogP contribution in [0.15, 0.2) is 66.2 Å². The second kappa shape index (κ2) is 9.15. The van der Waals surface area contributed by atoms with Crippen LogP contribution in [0.2, 0.25) is 0 Å². The Labute approximate surface area is 174 Å². The van der Waals surface area contributed by atoms with Gasteiger partial charge in [-0.05, 0) is 29.8 Å². The van der Waals surface area contributed by atoms with Gasteiger partial charge in [-0.2, -0.15) is 10.2 Å². The van der Waals surface area contributed by atoms with Crippen molar-refractivity contribution in [2.45, 2.75) is 13.5 Å². The zero-order valence-electron chi connectivity index (χ0n) is 16.9. The summed E-state index contributed by atoms with van der Waals surface area (Å²) in [6.45, 7) is 3.91. The Morgan fingerprint density at radius 3 is 2.80 bits per heavy atom. The minimum absolute atomic E-state index is 0.592. The molecule has 152 valence electrons. The van der Waals surface area contributed by atoms with E-state index in [0.717, 1.165) is 35.5 Å². The smallest absolute Gasteiger partial charge is 0.168 e. The summed E-state index contributed by atoms with van der Waals surface area (Å²) >= 11 is 0. The largest absolute Gasteiger partial charge is 0.497 e. The molecule has 4 aromatic rings. The monoisotopic (exact) mass is 401 g/mol. The van der Waals surface area contributed by atoms with E-state index in [0.29, 0.717) is 11.5 Å². The summed E-state index contributed by atoms with van der Waals surface area (Å²) in [6, 6.07) is 15.9. The van der Waals surface area contributed by atoms with Crippen LogP contribution < -0.4 is 15.5 Å². The highest BCUT2D eigenvalue weighted by Crippen LogP contribution is 2.23. The van der Waals surface area contributed by atoms with Crippen LogP contribution in [0, 0.1) is 0 Å². The van der Waals surface area contributed by atoms with Crippen LogP contribution in [0.25, 0.3) is 16.7 Å². The Bertz CT molecular complexity index is 1150. The number of methoxy groups -OCH3 is 1. The lowest BCUT2D eigenvalue weighted by Gasteiger charge is -2.06. The van der Waals surface area contributed by atoms with Crippen LogP contribution in [-0.2, 0) is 6.54 Å². The number of hydrazone groups is 1. The summed E-state index contributed by atoms with van der Waals surface area (Å²) in [6.07, 6.45) is 4.98. The number of aromatic nitrogens is 4. The number of anilines is 1. The predicted molar refractivity (Wildman–Crippen MR) is 118 cm³/mol. The summed E-state index contributed by atoms with van der Waals surface area (Å²) < 4.78 is 7.05. The highest BCUT2D eigenvalue weighted by Gasteiger charge is 2.11. The molecule has 0 aliphatic carbocycles. The van der Waals surface area contributed by atoms with Crippen molar-refractivity contribution < 1.29 is 4.74 Å². The molecule has 0 spiro atoms. The Morgan fingerprint density at radius 2 is 2.00 bits per heavy atom. The van der Waals surface area contributed by atoms with E-state index in [9.17, 15) is 0 Å². The lowest BCUT2D eigenvalue weighted by molar-refractivity contribution is 0.414. The first kappa shape index (κ1) is 19.5. The molecule has 8 heteroatoms. The van der Waals surface area contributed by atoms with E-state index < -0.39 is 0 Å². The number of nitrogens with zero attached hydrogens (tertiary/aromatic N) is 5. The maximum atomic E-state index is 5.30. The standard InChI is InChI=1S/C22H23N7O/c1-3-23-12-16-7-9-17(10-8-16)13-26-28-21-20-14-27-29(22(20)25-15-24-21)18-5-4-6-19(11-18)30-2/h4-11,13-15,23H,3,12H2,1-2H3,(H,24,25,28)/b26-13+. The fraction of sp³-hybridized carbons (Fsp3) is 0.182. The summed E-state index contributed by atoms with van der Waals surface area (Å²) in [4.78, 5) is 8.69. The Kier molecular flexibility index (Phi) is 5.95. The number of rotatable bonds is 8. The van der Waals surface area contributed by atoms with Crippen molar-refractivity contribution in [1.82, 2.24) is 25.1 Å². The van der Waals surface area contributed by atoms with E-state index in [-0.39, 0.29) is 0 Å². The first-order chi connectivity index (χ1) is 14.8. The van der Waals surface area contributed by atoms with Crippen LogP contribution in [0.5, 0.6) is 5.75 Å². The third kappa shape index (κ3) is 4.28. The fourth-order valence-electron chi connectivity index (χ4n) is 3.02. The van der Waals surface area contributed by atoms with Gasteiger partial charge in [-0.1, -0.05) is 37.3 Å². The van der Waals surface area contributed by atoms with Gasteiger partial charge >= 0.3 is 0 Å². The molecule has 0 radical (unpaired) electrons. The number of hydrogen-bond donors (Lipinski definition) is 2. The first-order valence-electron chi connectivity index (χ1n) is 9.70. The van der Waals surface area contributed by atoms with Gasteiger partial charge in [0.15, 0.2) is 11.5 Å². The van der Waals surface area contributed by atoms with Crippen molar-refractivity contribution in [2.24, 2.45) is 5.10 Å². The number of fused-ring (bicyclic) bond motifs is 1. The highest BCUT2D eigenvalue weighted by molar-refractivity contribution is 5.88. The van der Waals surface area contributed by atoms with Gasteiger partial charge in [-0.3, -0.25) is 5.43 Å². The fourth-order valence-corrected chi connectivity index (χ4v) is 3.02. The minimum atomic E-state index is 0.592. The van der Waals surface area contributed by atoms with Crippen molar-refractivity contribution >= 4 is 23.1 Å². The van der Waals surface area contributed by atoms with Gasteiger partial charge in [-0.25, -0.2) is 14.6 Å². The lowest BCUT2D eigenvalue weighted by atomic mass is 10.1. The zero-order chi connectivity index (χ0) is 20.8. The number of ether oxygens (including phenoxy) is 1. The van der Waals surface area contributed by atoms with E-state index in [1.54, 1.807) is 24.2 Å². The third-order valence-corrected chi connectivity index (χ3v) is 4.61. The number of benzene rings is 2. The number of nitrogens with one attached hydrogen (secondary N) is 2. The maximum absolute atomic E-state index is 5.30. The molecule has 2 aromatic carbocycles. The van der Waals surface area contributed by atoms with E-state index in [1.807, 2.05) is 36.4 Å². The summed E-state index contributed by atoms with van der Waals surface area (Å²) in [5.74, 6) is 1.35. The molecular formula is C22H23N7O. The molecule has 2 N–H and O–H groups in total. The molecule has 0 atom stereocenters. The molecule has 0 aliphatic heterocycles. The van der Waals surface area contributed by atoms with Crippen LogP contribution in [0.4, 0.5) is 5.82 Å². The van der Waals surface area contributed by atoms with Crippen LogP contribution in [0.1, 0.15) is 18.1 Å². The van der Waals surface area contributed by atoms with Crippen LogP contribution in [0.3, 0.4) is 0 Å². The van der Waals surface area contributed by atoms with Gasteiger partial charge < -0.3 is 10.1 Å². The quantitative estimate of drug-likeness (QED) is 0.348. The summed E-state index contributed by atoms with van der Waals surface area (Å²) in [5.41, 5.74) is 6.78. The molecule has 8 nitrogen and oxygen atoms in total. The lowest BCUT2D eigenvalue weighted by Crippen LogP contribution is -2.11. The molecule has 0 amide bonds. The zero-order valence-corrected chi connectivity index (χ0v) is 16.9. The van der Waals surface area contributed by atoms with Crippen molar-refractivity contribution in [1.29, 1.82) is 0 Å². The predicted octanol–water partition coefficient (Wildman–Crippen LogP) is 3.38. The Balaban J connectivity index is 1.52. The second-order valence-electron chi connectivity index (χ2n) is 6.61. The van der Waals surface area contributed by atoms with Gasteiger partial charge in [0.1, 0.15) is 12.1 Å². The second-order valence-corrected chi connectivity index (χ2v) is 6.61. The SMILES string of the molecule is CCNCc1ccc(/C=N/Nc2ncnc3c2cnn3-c2cccc(OC)c2)cc1. The van der Waals surface area contributed by atoms with Crippen LogP contribution in [-0.4, -0.2) is 39.6 Å². The van der Waals surface area contributed by atoms with Crippen molar-refractivity contribution in [3.63, 3.8) is 0 Å². The van der Waals surface area contributed by atoms with E-state index in [2.05, 4.69) is 50.0 Å². The first-order valence-corrected chi connectivity index (χ1v) is 9.70.